The van der Waals surface area contributed by atoms with Crippen molar-refractivity contribution < 1.29 is 18.0 Å². The molecule has 1 aliphatic heterocycles. The normalized spacial score (nSPS) is 14.1. The molecule has 0 bridgehead atoms. The lowest BCUT2D eigenvalue weighted by Crippen LogP contribution is -2.44. The number of alkyl halides is 3. The second kappa shape index (κ2) is 7.61. The fourth-order valence-electron chi connectivity index (χ4n) is 4.22. The van der Waals surface area contributed by atoms with Crippen molar-refractivity contribution in [1.82, 2.24) is 19.0 Å². The molecule has 0 N–H and O–H groups in total. The summed E-state index contributed by atoms with van der Waals surface area (Å²) in [5.74, 6) is -0.337. The summed E-state index contributed by atoms with van der Waals surface area (Å²) in [6.45, 7) is 2.53. The van der Waals surface area contributed by atoms with Gasteiger partial charge in [0.2, 0.25) is 0 Å². The lowest BCUT2D eigenvalue weighted by Gasteiger charge is -2.30. The van der Waals surface area contributed by atoms with Gasteiger partial charge in [-0.2, -0.15) is 13.2 Å². The summed E-state index contributed by atoms with van der Waals surface area (Å²) in [7, 11) is 0. The van der Waals surface area contributed by atoms with Crippen LogP contribution in [0.4, 0.5) is 13.2 Å². The Hall–Kier alpha value is -3.88. The molecule has 6 nitrogen and oxygen atoms in total. The molecule has 2 aromatic heterocycles. The van der Waals surface area contributed by atoms with Gasteiger partial charge in [0.25, 0.3) is 11.5 Å². The second-order valence-corrected chi connectivity index (χ2v) is 8.06. The number of hydrogen-bond donors (Lipinski definition) is 0. The summed E-state index contributed by atoms with van der Waals surface area (Å²) in [6.07, 6.45) is -1.17. The molecule has 3 heterocycles. The standard InChI is InChI=1S/C24H19F3N4O2/c1-15-12-30(14-28-15)20-7-8-21-22(32)29(9-10-31(21)23(20)33)13-17-4-2-3-16-5-6-18(11-19(16)17)24(25,26)27/h2-8,11-12,14H,9-10,13H2,1H3. The van der Waals surface area contributed by atoms with Crippen LogP contribution in [0, 0.1) is 6.92 Å². The smallest absolute Gasteiger partial charge is 0.331 e. The maximum Gasteiger partial charge on any atom is 0.416 e. The molecule has 0 aliphatic carbocycles. The summed E-state index contributed by atoms with van der Waals surface area (Å²) < 4.78 is 42.7. The molecule has 1 aliphatic rings. The predicted octanol–water partition coefficient (Wildman–Crippen LogP) is 4.17. The number of halogens is 3. The van der Waals surface area contributed by atoms with Crippen LogP contribution in [0.5, 0.6) is 0 Å². The van der Waals surface area contributed by atoms with Crippen LogP contribution in [0.15, 0.2) is 65.8 Å². The number of rotatable bonds is 3. The highest BCUT2D eigenvalue weighted by Crippen LogP contribution is 2.33. The third-order valence-corrected chi connectivity index (χ3v) is 5.90. The van der Waals surface area contributed by atoms with Gasteiger partial charge in [-0.3, -0.25) is 9.59 Å². The molecule has 1 amide bonds. The Labute approximate surface area is 186 Å². The summed E-state index contributed by atoms with van der Waals surface area (Å²) in [5.41, 5.74) is 1.01. The largest absolute Gasteiger partial charge is 0.416 e. The Bertz CT molecular complexity index is 1450. The Kier molecular flexibility index (Phi) is 4.84. The summed E-state index contributed by atoms with van der Waals surface area (Å²) in [6, 6.07) is 12.0. The Morgan fingerprint density at radius 1 is 1.03 bits per heavy atom. The second-order valence-electron chi connectivity index (χ2n) is 8.06. The fraction of sp³-hybridized carbons (Fsp3) is 0.208. The first-order valence-electron chi connectivity index (χ1n) is 10.4. The van der Waals surface area contributed by atoms with Crippen molar-refractivity contribution in [3.63, 3.8) is 0 Å². The number of carbonyl (C=O) groups excluding carboxylic acids is 1. The number of aryl methyl sites for hydroxylation is 1. The van der Waals surface area contributed by atoms with Crippen molar-refractivity contribution >= 4 is 16.7 Å². The van der Waals surface area contributed by atoms with E-state index in [1.165, 1.54) is 10.6 Å². The quantitative estimate of drug-likeness (QED) is 0.469. The van der Waals surface area contributed by atoms with Crippen LogP contribution in [-0.2, 0) is 19.3 Å². The molecule has 33 heavy (non-hydrogen) atoms. The molecule has 9 heteroatoms. The zero-order valence-corrected chi connectivity index (χ0v) is 17.6. The van der Waals surface area contributed by atoms with Crippen molar-refractivity contribution in [2.75, 3.05) is 6.54 Å². The van der Waals surface area contributed by atoms with E-state index in [4.69, 9.17) is 0 Å². The van der Waals surface area contributed by atoms with E-state index in [-0.39, 0.29) is 30.2 Å². The van der Waals surface area contributed by atoms with Gasteiger partial charge in [0, 0.05) is 25.8 Å². The molecule has 0 saturated heterocycles. The van der Waals surface area contributed by atoms with Crippen molar-refractivity contribution in [2.45, 2.75) is 26.2 Å². The van der Waals surface area contributed by atoms with Gasteiger partial charge in [-0.25, -0.2) is 4.98 Å². The molecule has 0 saturated carbocycles. The predicted molar refractivity (Wildman–Crippen MR) is 116 cm³/mol. The average Bonchev–Trinajstić information content (AvgIpc) is 3.21. The van der Waals surface area contributed by atoms with Crippen LogP contribution < -0.4 is 5.56 Å². The summed E-state index contributed by atoms with van der Waals surface area (Å²) >= 11 is 0. The van der Waals surface area contributed by atoms with Crippen LogP contribution in [0.1, 0.15) is 27.3 Å². The number of amides is 1. The maximum absolute atomic E-state index is 13.2. The van der Waals surface area contributed by atoms with E-state index in [0.29, 0.717) is 28.6 Å². The topological polar surface area (TPSA) is 60.1 Å². The Morgan fingerprint density at radius 3 is 2.58 bits per heavy atom. The van der Waals surface area contributed by atoms with E-state index in [2.05, 4.69) is 4.98 Å². The number of pyridine rings is 1. The minimum atomic E-state index is -4.45. The molecule has 4 aromatic rings. The first-order valence-corrected chi connectivity index (χ1v) is 10.4. The van der Waals surface area contributed by atoms with Crippen LogP contribution in [0.3, 0.4) is 0 Å². The molecule has 0 spiro atoms. The van der Waals surface area contributed by atoms with E-state index in [1.807, 2.05) is 6.92 Å². The molecular formula is C24H19F3N4O2. The molecule has 168 valence electrons. The lowest BCUT2D eigenvalue weighted by atomic mass is 10.0. The summed E-state index contributed by atoms with van der Waals surface area (Å²) in [5, 5.41) is 1.12. The Balaban J connectivity index is 1.48. The number of nitrogens with zero attached hydrogens (tertiary/aromatic N) is 4. The zero-order chi connectivity index (χ0) is 23.3. The first-order chi connectivity index (χ1) is 15.7. The van der Waals surface area contributed by atoms with Crippen molar-refractivity contribution in [3.8, 4) is 5.69 Å². The van der Waals surface area contributed by atoms with Crippen molar-refractivity contribution in [1.29, 1.82) is 0 Å². The molecular weight excluding hydrogens is 433 g/mol. The van der Waals surface area contributed by atoms with Gasteiger partial charge in [0.1, 0.15) is 11.4 Å². The minimum absolute atomic E-state index is 0.147. The number of aromatic nitrogens is 3. The minimum Gasteiger partial charge on any atom is -0.331 e. The number of hydrogen-bond acceptors (Lipinski definition) is 3. The first kappa shape index (κ1) is 21.0. The highest BCUT2D eigenvalue weighted by atomic mass is 19.4. The van der Waals surface area contributed by atoms with Gasteiger partial charge in [-0.15, -0.1) is 0 Å². The summed E-state index contributed by atoms with van der Waals surface area (Å²) in [4.78, 5) is 31.8. The van der Waals surface area contributed by atoms with Gasteiger partial charge < -0.3 is 14.0 Å². The monoisotopic (exact) mass is 452 g/mol. The molecule has 0 radical (unpaired) electrons. The van der Waals surface area contributed by atoms with E-state index in [9.17, 15) is 22.8 Å². The van der Waals surface area contributed by atoms with E-state index in [1.54, 1.807) is 52.3 Å². The van der Waals surface area contributed by atoms with Gasteiger partial charge in [-0.05, 0) is 47.5 Å². The fourth-order valence-corrected chi connectivity index (χ4v) is 4.22. The number of benzene rings is 2. The third-order valence-electron chi connectivity index (χ3n) is 5.90. The number of fused-ring (bicyclic) bond motifs is 2. The average molecular weight is 452 g/mol. The molecule has 0 fully saturated rings. The number of carbonyl (C=O) groups is 1. The highest BCUT2D eigenvalue weighted by molar-refractivity contribution is 5.94. The molecule has 5 rings (SSSR count). The van der Waals surface area contributed by atoms with Crippen molar-refractivity contribution in [2.24, 2.45) is 0 Å². The van der Waals surface area contributed by atoms with Gasteiger partial charge >= 0.3 is 6.18 Å². The maximum atomic E-state index is 13.2. The highest BCUT2D eigenvalue weighted by Gasteiger charge is 2.31. The number of imidazole rings is 1. The third kappa shape index (κ3) is 3.69. The molecule has 2 aromatic carbocycles. The SMILES string of the molecule is Cc1cn(-c2ccc3n(c2=O)CCN(Cc2cccc4ccc(C(F)(F)F)cc24)C3=O)cn1. The molecule has 0 unspecified atom stereocenters. The van der Waals surface area contributed by atoms with Gasteiger partial charge in [-0.1, -0.05) is 24.3 Å². The van der Waals surface area contributed by atoms with Crippen LogP contribution in [0.2, 0.25) is 0 Å². The van der Waals surface area contributed by atoms with Crippen molar-refractivity contribution in [3.05, 3.63) is 93.9 Å². The lowest BCUT2D eigenvalue weighted by molar-refractivity contribution is -0.137. The van der Waals surface area contributed by atoms with Gasteiger partial charge in [0.15, 0.2) is 0 Å². The van der Waals surface area contributed by atoms with Crippen LogP contribution >= 0.6 is 0 Å². The van der Waals surface area contributed by atoms with Crippen LogP contribution in [-0.4, -0.2) is 31.5 Å². The van der Waals surface area contributed by atoms with Crippen LogP contribution in [0.25, 0.3) is 16.5 Å². The molecule has 0 atom stereocenters. The zero-order valence-electron chi connectivity index (χ0n) is 17.6. The van der Waals surface area contributed by atoms with Gasteiger partial charge in [0.05, 0.1) is 17.6 Å². The van der Waals surface area contributed by atoms with E-state index in [0.717, 1.165) is 17.8 Å². The van der Waals surface area contributed by atoms with E-state index < -0.39 is 11.7 Å². The van der Waals surface area contributed by atoms with E-state index >= 15 is 0 Å². The Morgan fingerprint density at radius 2 is 1.85 bits per heavy atom.